The summed E-state index contributed by atoms with van der Waals surface area (Å²) >= 11 is 0. The number of hydrogen-bond acceptors (Lipinski definition) is 1. The molecular weight excluding hydrogens is 1080 g/mol. The van der Waals surface area contributed by atoms with Gasteiger partial charge in [0, 0.05) is 57.3 Å². The molecule has 8 aromatic carbocycles. The van der Waals surface area contributed by atoms with Crippen molar-refractivity contribution >= 4 is 43.4 Å². The van der Waals surface area contributed by atoms with E-state index in [4.69, 9.17) is 0 Å². The normalized spacial score (nSPS) is 9.26. The van der Waals surface area contributed by atoms with Gasteiger partial charge >= 0.3 is 0 Å². The van der Waals surface area contributed by atoms with Gasteiger partial charge in [0.1, 0.15) is 26.8 Å². The van der Waals surface area contributed by atoms with Crippen molar-refractivity contribution in [1.29, 1.82) is 0 Å². The van der Waals surface area contributed by atoms with E-state index in [1.165, 1.54) is 105 Å². The maximum Gasteiger partial charge on any atom is 0.287 e. The Hall–Kier alpha value is -8.67. The highest BCUT2D eigenvalue weighted by Gasteiger charge is 2.18. The molecule has 0 saturated heterocycles. The van der Waals surface area contributed by atoms with Crippen LogP contribution in [0.4, 0.5) is 0 Å². The molecule has 0 saturated carbocycles. The van der Waals surface area contributed by atoms with Gasteiger partial charge < -0.3 is 0 Å². The molecule has 0 aliphatic carbocycles. The van der Waals surface area contributed by atoms with Crippen molar-refractivity contribution in [2.45, 2.75) is 146 Å². The average molecular weight is 1190 g/mol. The smallest absolute Gasteiger partial charge is 0.232 e. The molecule has 0 N–H and O–H groups in total. The molecule has 0 unspecified atom stereocenters. The Kier molecular flexibility index (Phi) is 41.1. The number of pyridine rings is 3. The molecule has 4 heterocycles. The van der Waals surface area contributed by atoms with Crippen molar-refractivity contribution in [2.75, 3.05) is 0 Å². The van der Waals surface area contributed by atoms with Crippen LogP contribution >= 0.6 is 0 Å². The summed E-state index contributed by atoms with van der Waals surface area (Å²) in [6.07, 6.45) is 6.20. The summed E-state index contributed by atoms with van der Waals surface area (Å²) < 4.78 is 8.75. The molecule has 0 atom stereocenters. The Balaban J connectivity index is 0.00000107. The van der Waals surface area contributed by atoms with Crippen molar-refractivity contribution in [3.05, 3.63) is 259 Å². The van der Waals surface area contributed by atoms with Crippen LogP contribution in [-0.2, 0) is 28.2 Å². The van der Waals surface area contributed by atoms with Gasteiger partial charge in [-0.2, -0.15) is 4.57 Å². The molecule has 0 fully saturated rings. The lowest BCUT2D eigenvalue weighted by Gasteiger charge is -2.08. The second kappa shape index (κ2) is 45.6. The average Bonchev–Trinajstić information content (AvgIpc) is 3.71. The van der Waals surface area contributed by atoms with Crippen LogP contribution in [0.2, 0.25) is 0 Å². The summed E-state index contributed by atoms with van der Waals surface area (Å²) in [5.41, 5.74) is 17.7. The highest BCUT2D eigenvalue weighted by Crippen LogP contribution is 2.29. The summed E-state index contributed by atoms with van der Waals surface area (Å²) in [5, 5.41) is 7.62. The molecule has 12 aromatic rings. The lowest BCUT2D eigenvalue weighted by molar-refractivity contribution is -0.662. The first kappa shape index (κ1) is 80.3. The van der Waals surface area contributed by atoms with Crippen molar-refractivity contribution in [3.63, 3.8) is 0 Å². The molecular formula is C84H115N5+4. The van der Waals surface area contributed by atoms with Crippen molar-refractivity contribution < 1.29 is 18.3 Å². The van der Waals surface area contributed by atoms with E-state index in [-0.39, 0.29) is 7.43 Å². The third kappa shape index (κ3) is 22.2. The predicted octanol–water partition coefficient (Wildman–Crippen LogP) is 22.8. The van der Waals surface area contributed by atoms with Gasteiger partial charge in [0.15, 0.2) is 17.9 Å². The maximum absolute atomic E-state index is 4.46. The Morgan fingerprint density at radius 3 is 1.16 bits per heavy atom. The van der Waals surface area contributed by atoms with Crippen LogP contribution in [0.5, 0.6) is 0 Å². The Morgan fingerprint density at radius 1 is 0.292 bits per heavy atom. The van der Waals surface area contributed by atoms with Crippen LogP contribution in [0.3, 0.4) is 0 Å². The number of aromatic nitrogens is 5. The van der Waals surface area contributed by atoms with Gasteiger partial charge in [0.05, 0.1) is 17.8 Å². The molecule has 0 aliphatic heterocycles. The van der Waals surface area contributed by atoms with Crippen LogP contribution in [0, 0.1) is 27.7 Å². The Bertz CT molecular complexity index is 3690. The van der Waals surface area contributed by atoms with Crippen molar-refractivity contribution in [1.82, 2.24) is 4.98 Å². The maximum atomic E-state index is 4.46. The largest absolute Gasteiger partial charge is 0.287 e. The highest BCUT2D eigenvalue weighted by atomic mass is 15.0. The van der Waals surface area contributed by atoms with Crippen LogP contribution < -0.4 is 18.3 Å². The fourth-order valence-corrected chi connectivity index (χ4v) is 9.74. The van der Waals surface area contributed by atoms with E-state index in [1.807, 2.05) is 130 Å². The summed E-state index contributed by atoms with van der Waals surface area (Å²) in [7, 11) is 8.38. The minimum Gasteiger partial charge on any atom is -0.232 e. The number of rotatable bonds is 4. The molecule has 89 heavy (non-hydrogen) atoms. The van der Waals surface area contributed by atoms with Gasteiger partial charge in [-0.25, -0.2) is 13.7 Å². The van der Waals surface area contributed by atoms with Gasteiger partial charge in [0.2, 0.25) is 22.6 Å². The van der Waals surface area contributed by atoms with Crippen LogP contribution in [-0.4, -0.2) is 4.98 Å². The molecule has 0 bridgehead atoms. The summed E-state index contributed by atoms with van der Waals surface area (Å²) in [6, 6.07) is 76.6. The van der Waals surface area contributed by atoms with Crippen LogP contribution in [0.1, 0.15) is 140 Å². The van der Waals surface area contributed by atoms with E-state index >= 15 is 0 Å². The van der Waals surface area contributed by atoms with Crippen molar-refractivity contribution in [3.8, 4) is 45.0 Å². The fourth-order valence-electron chi connectivity index (χ4n) is 9.74. The minimum absolute atomic E-state index is 0. The van der Waals surface area contributed by atoms with Gasteiger partial charge in [-0.1, -0.05) is 258 Å². The fraction of sp³-hybridized carbons (Fsp3) is 0.298. The number of para-hydroxylation sites is 2. The third-order valence-corrected chi connectivity index (χ3v) is 13.7. The standard InChI is InChI=1S/3C17H16N.C16H15N2.8C2H6.CH4/c1-13-7-3-6-10-16(13)17-11-14-8-4-5-9-15(14)12-18(17)2;1-13-7-3-5-9-15(13)17-16-10-6-4-8-14(16)11-12-18(17)2;1-13-7-3-5-9-15(13)17-12-11-14-8-4-6-10-16(14)18(17)2;1-12-7-3-4-8-13(12)16-14-9-5-6-10-15(14)17-11-18(16)2;8*1-2;/h3*3-12H,1-2H3;3-11H,1-2H3;8*1-2H3;1H4/q4*+1;;;;;;;;;. The minimum atomic E-state index is 0. The molecule has 472 valence electrons. The zero-order chi connectivity index (χ0) is 66.1. The second-order valence-electron chi connectivity index (χ2n) is 18.6. The summed E-state index contributed by atoms with van der Waals surface area (Å²) in [6.45, 7) is 40.6. The molecule has 5 heteroatoms. The lowest BCUT2D eigenvalue weighted by atomic mass is 10.00. The first-order valence-corrected chi connectivity index (χ1v) is 32.7. The predicted molar refractivity (Wildman–Crippen MR) is 396 cm³/mol. The van der Waals surface area contributed by atoms with Crippen molar-refractivity contribution in [2.24, 2.45) is 28.2 Å². The van der Waals surface area contributed by atoms with Crippen LogP contribution in [0.15, 0.2) is 237 Å². The summed E-state index contributed by atoms with van der Waals surface area (Å²) in [4.78, 5) is 4.46. The van der Waals surface area contributed by atoms with Gasteiger partial charge in [-0.15, -0.1) is 0 Å². The molecule has 12 rings (SSSR count). The van der Waals surface area contributed by atoms with Gasteiger partial charge in [-0.05, 0) is 120 Å². The van der Waals surface area contributed by atoms with E-state index in [2.05, 4.69) is 297 Å². The molecule has 0 radical (unpaired) electrons. The molecule has 0 aliphatic rings. The van der Waals surface area contributed by atoms with E-state index in [1.54, 1.807) is 0 Å². The van der Waals surface area contributed by atoms with E-state index in [0.29, 0.717) is 0 Å². The van der Waals surface area contributed by atoms with Gasteiger partial charge in [0.25, 0.3) is 6.33 Å². The number of aryl methyl sites for hydroxylation is 8. The monoisotopic (exact) mass is 1190 g/mol. The molecule has 4 aromatic heterocycles. The number of nitrogens with zero attached hydrogens (tertiary/aromatic N) is 5. The van der Waals surface area contributed by atoms with Crippen LogP contribution in [0.25, 0.3) is 88.4 Å². The SMILES string of the molecule is C.CC.CC.CC.CC.CC.CC.CC.CC.Cc1ccccc1-c1c2ccccc2cc[n+]1C.Cc1ccccc1-c1c2ccccc2nc[n+]1C.Cc1ccccc1-c1cc2ccccc2c[n+]1C.Cc1ccccc1-c1ccc2ccccc2[n+]1C. The number of benzene rings is 8. The van der Waals surface area contributed by atoms with E-state index in [9.17, 15) is 0 Å². The highest BCUT2D eigenvalue weighted by molar-refractivity contribution is 5.94. The van der Waals surface area contributed by atoms with E-state index < -0.39 is 0 Å². The second-order valence-corrected chi connectivity index (χ2v) is 18.6. The molecule has 0 spiro atoms. The third-order valence-electron chi connectivity index (χ3n) is 13.7. The topological polar surface area (TPSA) is 28.4 Å². The molecule has 0 amide bonds. The lowest BCUT2D eigenvalue weighted by Crippen LogP contribution is -2.32. The first-order chi connectivity index (χ1) is 43.1. The molecule has 5 nitrogen and oxygen atoms in total. The van der Waals surface area contributed by atoms with E-state index in [0.717, 1.165) is 5.52 Å². The summed E-state index contributed by atoms with van der Waals surface area (Å²) in [5.74, 6) is 0. The zero-order valence-electron chi connectivity index (χ0n) is 58.8. The Morgan fingerprint density at radius 2 is 0.663 bits per heavy atom. The Labute approximate surface area is 542 Å². The zero-order valence-corrected chi connectivity index (χ0v) is 58.8. The first-order valence-electron chi connectivity index (χ1n) is 32.7. The quantitative estimate of drug-likeness (QED) is 0.161. The number of hydrogen-bond donors (Lipinski definition) is 0. The number of fused-ring (bicyclic) bond motifs is 4. The van der Waals surface area contributed by atoms with Gasteiger partial charge in [-0.3, -0.25) is 0 Å².